The third-order valence-corrected chi connectivity index (χ3v) is 12.8. The zero-order valence-corrected chi connectivity index (χ0v) is 43.4. The number of ether oxygens (including phenoxy) is 9. The maximum Gasteiger partial charge on any atom is 0.481 e. The zero-order valence-electron chi connectivity index (χ0n) is 39.8. The van der Waals surface area contributed by atoms with Gasteiger partial charge in [-0.25, -0.2) is 54.5 Å². The molecule has 0 bridgehead atoms. The number of carbonyl (C=O) groups is 9. The minimum Gasteiger partial charge on any atom is -0.459 e. The summed E-state index contributed by atoms with van der Waals surface area (Å²) in [6, 6.07) is 0. The van der Waals surface area contributed by atoms with Crippen LogP contribution in [0.4, 0.5) is 0 Å². The van der Waals surface area contributed by atoms with E-state index >= 15 is 0 Å². The van der Waals surface area contributed by atoms with E-state index in [1.807, 2.05) is 0 Å². The summed E-state index contributed by atoms with van der Waals surface area (Å²) in [4.78, 5) is 107. The molecule has 1 rings (SSSR count). The largest absolute Gasteiger partial charge is 0.481 e. The summed E-state index contributed by atoms with van der Waals surface area (Å²) in [5.41, 5.74) is 0. The van der Waals surface area contributed by atoms with Crippen LogP contribution in [-0.4, -0.2) is 139 Å². The fourth-order valence-corrected chi connectivity index (χ4v) is 8.95. The van der Waals surface area contributed by atoms with E-state index in [2.05, 4.69) is 37.9 Å². The van der Waals surface area contributed by atoms with E-state index in [0.29, 0.717) is 0 Å². The first-order valence-corrected chi connectivity index (χ1v) is 25.9. The van der Waals surface area contributed by atoms with Gasteiger partial charge in [-0.05, 0) is 6.42 Å². The van der Waals surface area contributed by atoms with Crippen molar-refractivity contribution < 1.29 is 158 Å². The van der Waals surface area contributed by atoms with Gasteiger partial charge in [-0.1, -0.05) is 6.92 Å². The van der Waals surface area contributed by atoms with E-state index in [0.717, 1.165) is 55.4 Å². The molecule has 0 aromatic heterocycles. The van der Waals surface area contributed by atoms with Crippen molar-refractivity contribution in [2.24, 2.45) is 0 Å². The van der Waals surface area contributed by atoms with Crippen LogP contribution in [0, 0.1) is 0 Å². The Morgan fingerprint density at radius 3 is 0.806 bits per heavy atom. The van der Waals surface area contributed by atoms with Crippen LogP contribution in [0.25, 0.3) is 0 Å². The van der Waals surface area contributed by atoms with Gasteiger partial charge in [0.2, 0.25) is 54.3 Å². The van der Waals surface area contributed by atoms with Gasteiger partial charge in [0.15, 0.2) is 0 Å². The van der Waals surface area contributed by atoms with E-state index in [4.69, 9.17) is 59.0 Å². The van der Waals surface area contributed by atoms with Gasteiger partial charge in [0, 0.05) is 68.2 Å². The maximum atomic E-state index is 14.7. The van der Waals surface area contributed by atoms with Gasteiger partial charge in [-0.15, -0.1) is 0 Å². The summed E-state index contributed by atoms with van der Waals surface area (Å²) in [5.74, 6) is -9.63. The number of phosphoric acid groups is 4. The molecule has 1 fully saturated rings. The molecule has 72 heavy (non-hydrogen) atoms. The van der Waals surface area contributed by atoms with Crippen LogP contribution in [-0.2, 0) is 158 Å². The normalized spacial score (nSPS) is 18.2. The molecular formula is C34H54O34P4. The predicted octanol–water partition coefficient (Wildman–Crippen LogP) is 3.37. The van der Waals surface area contributed by atoms with Crippen LogP contribution in [0.2, 0.25) is 0 Å². The molecule has 0 aliphatic heterocycles. The highest BCUT2D eigenvalue weighted by atomic mass is 31.2. The minimum absolute atomic E-state index is 0.0625. The van der Waals surface area contributed by atoms with Gasteiger partial charge in [-0.2, -0.15) is 0 Å². The molecule has 1 aliphatic rings. The van der Waals surface area contributed by atoms with Crippen molar-refractivity contribution in [1.82, 2.24) is 0 Å². The molecule has 34 nitrogen and oxygen atoms in total. The molecule has 1 saturated carbocycles. The first kappa shape index (κ1) is 65.7. The third kappa shape index (κ3) is 28.2. The minimum atomic E-state index is -5.73. The summed E-state index contributed by atoms with van der Waals surface area (Å²) in [5, 5.41) is 0. The van der Waals surface area contributed by atoms with Crippen molar-refractivity contribution in [3.8, 4) is 0 Å². The van der Waals surface area contributed by atoms with E-state index in [9.17, 15) is 61.4 Å². The van der Waals surface area contributed by atoms with Gasteiger partial charge in [-0.3, -0.25) is 61.2 Å². The van der Waals surface area contributed by atoms with Crippen LogP contribution in [0.1, 0.15) is 81.6 Å². The smallest absolute Gasteiger partial charge is 0.459 e. The number of hydrogen-bond donors (Lipinski definition) is 0. The Labute approximate surface area is 409 Å². The molecule has 0 aromatic carbocycles. The fraction of sp³-hybridized carbons (Fsp3) is 0.735. The molecule has 0 spiro atoms. The van der Waals surface area contributed by atoms with Crippen molar-refractivity contribution in [3.63, 3.8) is 0 Å². The lowest BCUT2D eigenvalue weighted by atomic mass is 9.87. The highest BCUT2D eigenvalue weighted by Gasteiger charge is 2.59. The number of esters is 9. The molecule has 1 aliphatic carbocycles. The van der Waals surface area contributed by atoms with Gasteiger partial charge < -0.3 is 42.6 Å². The predicted molar refractivity (Wildman–Crippen MR) is 221 cm³/mol. The second kappa shape index (κ2) is 32.8. The number of hydrogen-bond acceptors (Lipinski definition) is 34. The standard InChI is InChI=1S/C34H54O34P4/c1-10-11-31(43)64-29-12-30(65-69(44,56-13-48-21(2)35)57-14-49-22(3)36)33(67-71(46,60-17-52-25(6)39)61-18-53-26(7)40)34(68-72(47,62-19-54-27(8)41)63-20-55-28(9)42)32(29)66-70(45,58-15-50-23(4)37)59-16-51-24(5)38/h29-30,32-34H,10-20H2,1-9H3/t29-,30+,32+,33-,34-/m1/s1. The SMILES string of the molecule is CCCC(=O)O[C@@H]1C[C@H](OP(=O)(OCOC(C)=O)OCOC(C)=O)[C@@H](OP(=O)(OCOC(C)=O)OCOC(C)=O)[C@H](OP(=O)(OCOC(C)=O)OCOC(C)=O)[C@H]1OP(=O)(OCOC(C)=O)OCOC(C)=O. The molecule has 0 saturated heterocycles. The molecule has 0 N–H and O–H groups in total. The van der Waals surface area contributed by atoms with E-state index in [1.165, 1.54) is 6.92 Å². The summed E-state index contributed by atoms with van der Waals surface area (Å²) < 4.78 is 165. The molecule has 0 unspecified atom stereocenters. The number of carbonyl (C=O) groups excluding carboxylic acids is 9. The summed E-state index contributed by atoms with van der Waals surface area (Å²) >= 11 is 0. The molecule has 0 amide bonds. The lowest BCUT2D eigenvalue weighted by Gasteiger charge is -2.46. The average Bonchev–Trinajstić information content (AvgIpc) is 3.22. The zero-order chi connectivity index (χ0) is 54.7. The molecule has 414 valence electrons. The Bertz CT molecular complexity index is 1950. The number of rotatable bonds is 35. The van der Waals surface area contributed by atoms with Crippen LogP contribution in [0.15, 0.2) is 0 Å². The monoisotopic (exact) mass is 1130 g/mol. The van der Waals surface area contributed by atoms with Gasteiger partial charge >= 0.3 is 85.0 Å². The Hall–Kier alpha value is -4.33. The van der Waals surface area contributed by atoms with Gasteiger partial charge in [0.05, 0.1) is 0 Å². The molecule has 38 heteroatoms. The lowest BCUT2D eigenvalue weighted by Crippen LogP contribution is -2.59. The van der Waals surface area contributed by atoms with Crippen LogP contribution >= 0.6 is 31.3 Å². The first-order chi connectivity index (χ1) is 33.5. The summed E-state index contributed by atoms with van der Waals surface area (Å²) in [6.45, 7) is -2.00. The van der Waals surface area contributed by atoms with Crippen molar-refractivity contribution in [3.05, 3.63) is 0 Å². The van der Waals surface area contributed by atoms with Crippen molar-refractivity contribution >= 4 is 85.0 Å². The Kier molecular flexibility index (Phi) is 29.9. The Morgan fingerprint density at radius 1 is 0.347 bits per heavy atom. The molecule has 0 heterocycles. The third-order valence-electron chi connectivity index (χ3n) is 7.38. The summed E-state index contributed by atoms with van der Waals surface area (Å²) in [7, 11) is -22.5. The van der Waals surface area contributed by atoms with Gasteiger partial charge in [0.25, 0.3) is 0 Å². The van der Waals surface area contributed by atoms with Gasteiger partial charge in [0.1, 0.15) is 30.5 Å². The second-order valence-corrected chi connectivity index (χ2v) is 19.7. The van der Waals surface area contributed by atoms with E-state index in [-0.39, 0.29) is 6.42 Å². The molecule has 0 radical (unpaired) electrons. The van der Waals surface area contributed by atoms with Crippen LogP contribution in [0.5, 0.6) is 0 Å². The van der Waals surface area contributed by atoms with Crippen LogP contribution < -0.4 is 0 Å². The Balaban J connectivity index is 4.62. The van der Waals surface area contributed by atoms with Crippen molar-refractivity contribution in [2.75, 3.05) is 54.3 Å². The topological polar surface area (TPSA) is 416 Å². The molecule has 0 aromatic rings. The summed E-state index contributed by atoms with van der Waals surface area (Å²) in [6.07, 6.45) is -14.2. The lowest BCUT2D eigenvalue weighted by molar-refractivity contribution is -0.197. The highest BCUT2D eigenvalue weighted by molar-refractivity contribution is 7.49. The quantitative estimate of drug-likeness (QED) is 0.0380. The highest BCUT2D eigenvalue weighted by Crippen LogP contribution is 2.61. The average molecular weight is 1130 g/mol. The van der Waals surface area contributed by atoms with Crippen molar-refractivity contribution in [1.29, 1.82) is 0 Å². The second-order valence-electron chi connectivity index (χ2n) is 13.2. The molecular weight excluding hydrogens is 1080 g/mol. The van der Waals surface area contributed by atoms with Crippen molar-refractivity contribution in [2.45, 2.75) is 112 Å². The van der Waals surface area contributed by atoms with E-state index < -0.39 is 183 Å². The maximum absolute atomic E-state index is 14.7. The number of phosphoric ester groups is 4. The van der Waals surface area contributed by atoms with Crippen LogP contribution in [0.3, 0.4) is 0 Å². The fourth-order valence-electron chi connectivity index (χ4n) is 4.53. The first-order valence-electron chi connectivity index (χ1n) is 20.1. The Morgan fingerprint density at radius 2 is 0.569 bits per heavy atom. The van der Waals surface area contributed by atoms with E-state index in [1.54, 1.807) is 0 Å². The molecule has 5 atom stereocenters.